The van der Waals surface area contributed by atoms with Crippen LogP contribution >= 0.6 is 0 Å². The van der Waals surface area contributed by atoms with E-state index in [1.54, 1.807) is 7.11 Å². The van der Waals surface area contributed by atoms with E-state index in [2.05, 4.69) is 36.9 Å². The molecule has 1 fully saturated rings. The molecule has 1 heterocycles. The van der Waals surface area contributed by atoms with Gasteiger partial charge >= 0.3 is 0 Å². The van der Waals surface area contributed by atoms with Gasteiger partial charge in [0.15, 0.2) is 0 Å². The van der Waals surface area contributed by atoms with Gasteiger partial charge in [0.1, 0.15) is 5.75 Å². The van der Waals surface area contributed by atoms with Crippen LogP contribution in [0.15, 0.2) is 36.4 Å². The molecule has 0 atom stereocenters. The highest BCUT2D eigenvalue weighted by molar-refractivity contribution is 5.94. The van der Waals surface area contributed by atoms with Crippen LogP contribution in [0, 0.1) is 13.8 Å². The van der Waals surface area contributed by atoms with Gasteiger partial charge in [0.05, 0.1) is 13.2 Å². The maximum absolute atomic E-state index is 13.0. The van der Waals surface area contributed by atoms with E-state index in [0.717, 1.165) is 37.5 Å². The quantitative estimate of drug-likeness (QED) is 0.762. The van der Waals surface area contributed by atoms with Gasteiger partial charge in [0, 0.05) is 50.1 Å². The normalized spacial score (nSPS) is 14.3. The molecular formula is C23H30N2O3. The second kappa shape index (κ2) is 9.11. The molecule has 0 N–H and O–H groups in total. The molecule has 5 nitrogen and oxygen atoms in total. The van der Waals surface area contributed by atoms with E-state index in [1.807, 2.05) is 30.0 Å². The zero-order valence-electron chi connectivity index (χ0n) is 17.3. The van der Waals surface area contributed by atoms with Gasteiger partial charge in [-0.05, 0) is 56.2 Å². The number of hydrogen-bond acceptors (Lipinski definition) is 4. The number of rotatable bonds is 6. The first kappa shape index (κ1) is 20.2. The highest BCUT2D eigenvalue weighted by atomic mass is 16.5. The van der Waals surface area contributed by atoms with Crippen LogP contribution in [0.2, 0.25) is 0 Å². The van der Waals surface area contributed by atoms with Gasteiger partial charge in [-0.25, -0.2) is 0 Å². The molecule has 3 rings (SSSR count). The van der Waals surface area contributed by atoms with Gasteiger partial charge in [-0.3, -0.25) is 4.79 Å². The van der Waals surface area contributed by atoms with Gasteiger partial charge < -0.3 is 19.3 Å². The number of amides is 1. The van der Waals surface area contributed by atoms with Gasteiger partial charge in [-0.2, -0.15) is 0 Å². The number of anilines is 1. The number of hydrogen-bond donors (Lipinski definition) is 0. The predicted octanol–water partition coefficient (Wildman–Crippen LogP) is 3.81. The highest BCUT2D eigenvalue weighted by Gasteiger charge is 2.24. The number of aryl methyl sites for hydroxylation is 1. The van der Waals surface area contributed by atoms with E-state index in [0.29, 0.717) is 18.8 Å². The van der Waals surface area contributed by atoms with Crippen LogP contribution in [-0.2, 0) is 11.3 Å². The number of carbonyl (C=O) groups is 1. The Morgan fingerprint density at radius 2 is 1.82 bits per heavy atom. The molecule has 0 aromatic heterocycles. The van der Waals surface area contributed by atoms with Crippen molar-refractivity contribution >= 4 is 11.6 Å². The van der Waals surface area contributed by atoms with E-state index in [1.165, 1.54) is 16.8 Å². The molecule has 5 heteroatoms. The third-order valence-corrected chi connectivity index (χ3v) is 5.39. The summed E-state index contributed by atoms with van der Waals surface area (Å²) in [5, 5.41) is 0. The molecule has 0 spiro atoms. The Morgan fingerprint density at radius 1 is 1.07 bits per heavy atom. The molecule has 0 aliphatic carbocycles. The fourth-order valence-corrected chi connectivity index (χ4v) is 3.69. The molecule has 1 aliphatic rings. The Morgan fingerprint density at radius 3 is 2.50 bits per heavy atom. The van der Waals surface area contributed by atoms with Crippen molar-refractivity contribution in [2.45, 2.75) is 27.4 Å². The maximum atomic E-state index is 13.0. The van der Waals surface area contributed by atoms with Crippen molar-refractivity contribution in [3.05, 3.63) is 58.7 Å². The first-order valence-electron chi connectivity index (χ1n) is 9.90. The summed E-state index contributed by atoms with van der Waals surface area (Å²) in [5.41, 5.74) is 5.49. The van der Waals surface area contributed by atoms with Crippen LogP contribution in [0.5, 0.6) is 5.75 Å². The predicted molar refractivity (Wildman–Crippen MR) is 112 cm³/mol. The van der Waals surface area contributed by atoms with Crippen molar-refractivity contribution in [2.24, 2.45) is 0 Å². The summed E-state index contributed by atoms with van der Waals surface area (Å²) >= 11 is 0. The number of piperazine rings is 1. The van der Waals surface area contributed by atoms with E-state index in [9.17, 15) is 4.79 Å². The molecule has 1 saturated heterocycles. The van der Waals surface area contributed by atoms with Crippen LogP contribution in [0.25, 0.3) is 0 Å². The van der Waals surface area contributed by atoms with Gasteiger partial charge in [-0.1, -0.05) is 12.1 Å². The number of nitrogens with zero attached hydrogens (tertiary/aromatic N) is 2. The fourth-order valence-electron chi connectivity index (χ4n) is 3.69. The van der Waals surface area contributed by atoms with Crippen molar-refractivity contribution in [3.8, 4) is 5.75 Å². The highest BCUT2D eigenvalue weighted by Crippen LogP contribution is 2.25. The van der Waals surface area contributed by atoms with Crippen molar-refractivity contribution in [1.29, 1.82) is 0 Å². The van der Waals surface area contributed by atoms with Crippen LogP contribution in [0.3, 0.4) is 0 Å². The molecule has 0 saturated carbocycles. The first-order valence-corrected chi connectivity index (χ1v) is 9.90. The lowest BCUT2D eigenvalue weighted by molar-refractivity contribution is 0.0746. The van der Waals surface area contributed by atoms with Crippen LogP contribution < -0.4 is 9.64 Å². The van der Waals surface area contributed by atoms with Gasteiger partial charge in [-0.15, -0.1) is 0 Å². The topological polar surface area (TPSA) is 42.0 Å². The third-order valence-electron chi connectivity index (χ3n) is 5.39. The van der Waals surface area contributed by atoms with E-state index < -0.39 is 0 Å². The van der Waals surface area contributed by atoms with Crippen molar-refractivity contribution in [2.75, 3.05) is 44.8 Å². The number of benzene rings is 2. The minimum atomic E-state index is 0.0704. The van der Waals surface area contributed by atoms with Crippen LogP contribution in [0.4, 0.5) is 5.69 Å². The van der Waals surface area contributed by atoms with Gasteiger partial charge in [0.25, 0.3) is 5.91 Å². The Labute approximate surface area is 167 Å². The number of methoxy groups -OCH3 is 1. The largest absolute Gasteiger partial charge is 0.494 e. The lowest BCUT2D eigenvalue weighted by Gasteiger charge is -2.37. The zero-order valence-corrected chi connectivity index (χ0v) is 17.3. The molecule has 28 heavy (non-hydrogen) atoms. The van der Waals surface area contributed by atoms with Crippen molar-refractivity contribution in [3.63, 3.8) is 0 Å². The van der Waals surface area contributed by atoms with Crippen LogP contribution in [0.1, 0.15) is 34.0 Å². The average Bonchev–Trinajstić information content (AvgIpc) is 2.71. The molecule has 2 aromatic rings. The Hall–Kier alpha value is -2.53. The maximum Gasteiger partial charge on any atom is 0.253 e. The minimum absolute atomic E-state index is 0.0704. The standard InChI is InChI=1S/C23H30N2O3/c1-5-28-22-10-9-19(15-20(22)16-27-4)23(26)25-13-11-24(12-14-25)21-8-6-7-17(2)18(21)3/h6-10,15H,5,11-14,16H2,1-4H3. The molecule has 2 aromatic carbocycles. The fraction of sp³-hybridized carbons (Fsp3) is 0.435. The number of ether oxygens (including phenoxy) is 2. The lowest BCUT2D eigenvalue weighted by atomic mass is 10.1. The summed E-state index contributed by atoms with van der Waals surface area (Å²) in [6.45, 7) is 10.4. The number of carbonyl (C=O) groups excluding carboxylic acids is 1. The van der Waals surface area contributed by atoms with E-state index in [4.69, 9.17) is 9.47 Å². The summed E-state index contributed by atoms with van der Waals surface area (Å²) in [4.78, 5) is 17.3. The Balaban J connectivity index is 1.69. The summed E-state index contributed by atoms with van der Waals surface area (Å²) in [6.07, 6.45) is 0. The summed E-state index contributed by atoms with van der Waals surface area (Å²) in [5.74, 6) is 0.849. The van der Waals surface area contributed by atoms with Crippen molar-refractivity contribution in [1.82, 2.24) is 4.90 Å². The van der Waals surface area contributed by atoms with E-state index in [-0.39, 0.29) is 5.91 Å². The molecule has 150 valence electrons. The van der Waals surface area contributed by atoms with Gasteiger partial charge in [0.2, 0.25) is 0 Å². The smallest absolute Gasteiger partial charge is 0.253 e. The molecule has 0 bridgehead atoms. The zero-order chi connectivity index (χ0) is 20.1. The summed E-state index contributed by atoms with van der Waals surface area (Å²) < 4.78 is 10.9. The monoisotopic (exact) mass is 382 g/mol. The average molecular weight is 383 g/mol. The SMILES string of the molecule is CCOc1ccc(C(=O)N2CCN(c3cccc(C)c3C)CC2)cc1COC. The third kappa shape index (κ3) is 4.30. The van der Waals surface area contributed by atoms with Crippen LogP contribution in [-0.4, -0.2) is 50.7 Å². The second-order valence-corrected chi connectivity index (χ2v) is 7.19. The lowest BCUT2D eigenvalue weighted by Crippen LogP contribution is -2.49. The molecule has 1 aliphatic heterocycles. The molecule has 1 amide bonds. The molecular weight excluding hydrogens is 352 g/mol. The minimum Gasteiger partial charge on any atom is -0.494 e. The summed E-state index contributed by atoms with van der Waals surface area (Å²) in [6, 6.07) is 12.0. The Bertz CT molecular complexity index is 827. The Kier molecular flexibility index (Phi) is 6.57. The second-order valence-electron chi connectivity index (χ2n) is 7.19. The summed E-state index contributed by atoms with van der Waals surface area (Å²) in [7, 11) is 1.65. The van der Waals surface area contributed by atoms with Crippen molar-refractivity contribution < 1.29 is 14.3 Å². The molecule has 0 radical (unpaired) electrons. The van der Waals surface area contributed by atoms with E-state index >= 15 is 0 Å². The molecule has 0 unspecified atom stereocenters. The first-order chi connectivity index (χ1) is 13.5.